The third-order valence-corrected chi connectivity index (χ3v) is 3.11. The summed E-state index contributed by atoms with van der Waals surface area (Å²) in [5.74, 6) is 0.0777. The zero-order valence-electron chi connectivity index (χ0n) is 10.3. The summed E-state index contributed by atoms with van der Waals surface area (Å²) in [6.45, 7) is 2.75. The molecule has 2 rings (SSSR count). The number of benzene rings is 1. The van der Waals surface area contributed by atoms with Crippen molar-refractivity contribution in [2.24, 2.45) is 13.0 Å². The highest BCUT2D eigenvalue weighted by molar-refractivity contribution is 5.92. The van der Waals surface area contributed by atoms with Crippen LogP contribution in [0.5, 0.6) is 0 Å². The van der Waals surface area contributed by atoms with Crippen LogP contribution in [0.1, 0.15) is 13.3 Å². The van der Waals surface area contributed by atoms with Crippen molar-refractivity contribution < 1.29 is 0 Å². The molecule has 1 aromatic carbocycles. The molecule has 0 amide bonds. The van der Waals surface area contributed by atoms with Crippen LogP contribution in [0.4, 0.5) is 5.69 Å². The van der Waals surface area contributed by atoms with Gasteiger partial charge in [-0.05, 0) is 12.5 Å². The number of anilines is 1. The van der Waals surface area contributed by atoms with Gasteiger partial charge in [0.2, 0.25) is 0 Å². The molecule has 3 heteroatoms. The lowest BCUT2D eigenvalue weighted by atomic mass is 10.1. The Kier molecular flexibility index (Phi) is 3.34. The monoisotopic (exact) mass is 227 g/mol. The lowest BCUT2D eigenvalue weighted by Crippen LogP contribution is -2.11. The molecule has 1 N–H and O–H groups in total. The van der Waals surface area contributed by atoms with Crippen molar-refractivity contribution in [1.82, 2.24) is 4.57 Å². The number of nitrogens with one attached hydrogen (secondary N) is 1. The number of fused-ring (bicyclic) bond motifs is 1. The molecule has 17 heavy (non-hydrogen) atoms. The normalized spacial score (nSPS) is 12.3. The number of hydrogen-bond acceptors (Lipinski definition) is 2. The predicted molar refractivity (Wildman–Crippen MR) is 70.8 cm³/mol. The first-order valence-electron chi connectivity index (χ1n) is 5.93. The molecular formula is C14H17N3. The molecule has 0 aliphatic rings. The molecule has 0 saturated heterocycles. The van der Waals surface area contributed by atoms with Crippen LogP contribution in [0, 0.1) is 17.2 Å². The highest BCUT2D eigenvalue weighted by atomic mass is 15.0. The van der Waals surface area contributed by atoms with E-state index < -0.39 is 0 Å². The van der Waals surface area contributed by atoms with Gasteiger partial charge in [0.25, 0.3) is 0 Å². The smallest absolute Gasteiger partial charge is 0.0674 e. The van der Waals surface area contributed by atoms with E-state index in [0.29, 0.717) is 6.54 Å². The molecular weight excluding hydrogens is 210 g/mol. The van der Waals surface area contributed by atoms with Gasteiger partial charge < -0.3 is 9.88 Å². The van der Waals surface area contributed by atoms with Crippen LogP contribution < -0.4 is 5.32 Å². The topological polar surface area (TPSA) is 40.8 Å². The summed E-state index contributed by atoms with van der Waals surface area (Å²) in [4.78, 5) is 0. The summed E-state index contributed by atoms with van der Waals surface area (Å²) >= 11 is 0. The van der Waals surface area contributed by atoms with Crippen molar-refractivity contribution in [3.05, 3.63) is 30.5 Å². The van der Waals surface area contributed by atoms with E-state index in [1.807, 2.05) is 26.1 Å². The summed E-state index contributed by atoms with van der Waals surface area (Å²) in [6, 6.07) is 10.6. The summed E-state index contributed by atoms with van der Waals surface area (Å²) in [5.41, 5.74) is 2.32. The molecule has 1 atom stereocenters. The van der Waals surface area contributed by atoms with E-state index in [2.05, 4.69) is 34.3 Å². The van der Waals surface area contributed by atoms with Crippen molar-refractivity contribution in [2.45, 2.75) is 13.3 Å². The largest absolute Gasteiger partial charge is 0.382 e. The second-order valence-corrected chi connectivity index (χ2v) is 4.29. The zero-order chi connectivity index (χ0) is 12.3. The van der Waals surface area contributed by atoms with Crippen LogP contribution in [-0.2, 0) is 7.05 Å². The van der Waals surface area contributed by atoms with Crippen molar-refractivity contribution in [3.8, 4) is 6.07 Å². The molecule has 0 aliphatic heterocycles. The van der Waals surface area contributed by atoms with Gasteiger partial charge in [-0.1, -0.05) is 25.1 Å². The SMILES string of the molecule is CCC(C#N)CNc1cn(C)c2ccccc12. The Morgan fingerprint density at radius 3 is 2.88 bits per heavy atom. The fraction of sp³-hybridized carbons (Fsp3) is 0.357. The first-order valence-corrected chi connectivity index (χ1v) is 5.93. The molecule has 0 spiro atoms. The first kappa shape index (κ1) is 11.5. The Balaban J connectivity index is 2.22. The Labute approximate surface area is 102 Å². The first-order chi connectivity index (χ1) is 8.26. The van der Waals surface area contributed by atoms with Crippen molar-refractivity contribution in [2.75, 3.05) is 11.9 Å². The second-order valence-electron chi connectivity index (χ2n) is 4.29. The molecule has 1 unspecified atom stereocenters. The second kappa shape index (κ2) is 4.92. The van der Waals surface area contributed by atoms with Crippen LogP contribution in [0.3, 0.4) is 0 Å². The average Bonchev–Trinajstić information content (AvgIpc) is 2.69. The third-order valence-electron chi connectivity index (χ3n) is 3.11. The number of nitriles is 1. The lowest BCUT2D eigenvalue weighted by Gasteiger charge is -2.08. The molecule has 0 aliphatic carbocycles. The number of aromatic nitrogens is 1. The summed E-state index contributed by atoms with van der Waals surface area (Å²) < 4.78 is 2.10. The summed E-state index contributed by atoms with van der Waals surface area (Å²) in [6.07, 6.45) is 2.96. The molecule has 0 fully saturated rings. The van der Waals surface area contributed by atoms with Crippen LogP contribution in [0.15, 0.2) is 30.5 Å². The molecule has 0 bridgehead atoms. The molecule has 2 aromatic rings. The van der Waals surface area contributed by atoms with E-state index in [0.717, 1.165) is 12.1 Å². The van der Waals surface area contributed by atoms with Gasteiger partial charge in [0.05, 0.1) is 17.7 Å². The van der Waals surface area contributed by atoms with Gasteiger partial charge in [-0.2, -0.15) is 5.26 Å². The number of para-hydroxylation sites is 1. The summed E-state index contributed by atoms with van der Waals surface area (Å²) in [5, 5.41) is 13.5. The number of nitrogens with zero attached hydrogens (tertiary/aromatic N) is 2. The van der Waals surface area contributed by atoms with E-state index in [9.17, 15) is 0 Å². The van der Waals surface area contributed by atoms with E-state index in [1.165, 1.54) is 10.9 Å². The van der Waals surface area contributed by atoms with Gasteiger partial charge in [-0.15, -0.1) is 0 Å². The molecule has 0 saturated carbocycles. The predicted octanol–water partition coefficient (Wildman–Crippen LogP) is 3.14. The highest BCUT2D eigenvalue weighted by Gasteiger charge is 2.08. The Bertz CT molecular complexity index is 548. The molecule has 1 heterocycles. The van der Waals surface area contributed by atoms with E-state index >= 15 is 0 Å². The number of rotatable bonds is 4. The Morgan fingerprint density at radius 2 is 2.18 bits per heavy atom. The number of aryl methyl sites for hydroxylation is 1. The number of hydrogen-bond donors (Lipinski definition) is 1. The van der Waals surface area contributed by atoms with Crippen molar-refractivity contribution in [3.63, 3.8) is 0 Å². The maximum Gasteiger partial charge on any atom is 0.0674 e. The van der Waals surface area contributed by atoms with Crippen LogP contribution >= 0.6 is 0 Å². The van der Waals surface area contributed by atoms with Crippen LogP contribution in [0.25, 0.3) is 10.9 Å². The maximum absolute atomic E-state index is 8.93. The Hall–Kier alpha value is -1.95. The maximum atomic E-state index is 8.93. The van der Waals surface area contributed by atoms with Gasteiger partial charge >= 0.3 is 0 Å². The molecule has 0 radical (unpaired) electrons. The highest BCUT2D eigenvalue weighted by Crippen LogP contribution is 2.25. The van der Waals surface area contributed by atoms with Crippen molar-refractivity contribution >= 4 is 16.6 Å². The van der Waals surface area contributed by atoms with Crippen LogP contribution in [-0.4, -0.2) is 11.1 Å². The minimum atomic E-state index is 0.0777. The van der Waals surface area contributed by atoms with E-state index in [-0.39, 0.29) is 5.92 Å². The van der Waals surface area contributed by atoms with Crippen LogP contribution in [0.2, 0.25) is 0 Å². The van der Waals surface area contributed by atoms with E-state index in [4.69, 9.17) is 5.26 Å². The zero-order valence-corrected chi connectivity index (χ0v) is 10.3. The van der Waals surface area contributed by atoms with Gasteiger partial charge in [0, 0.05) is 30.7 Å². The summed E-state index contributed by atoms with van der Waals surface area (Å²) in [7, 11) is 2.04. The average molecular weight is 227 g/mol. The fourth-order valence-electron chi connectivity index (χ4n) is 2.00. The lowest BCUT2D eigenvalue weighted by molar-refractivity contribution is 0.674. The molecule has 88 valence electrons. The minimum Gasteiger partial charge on any atom is -0.382 e. The van der Waals surface area contributed by atoms with Gasteiger partial charge in [0.1, 0.15) is 0 Å². The quantitative estimate of drug-likeness (QED) is 0.871. The fourth-order valence-corrected chi connectivity index (χ4v) is 2.00. The van der Waals surface area contributed by atoms with Gasteiger partial charge in [-0.25, -0.2) is 0 Å². The van der Waals surface area contributed by atoms with Crippen molar-refractivity contribution in [1.29, 1.82) is 5.26 Å². The Morgan fingerprint density at radius 1 is 1.41 bits per heavy atom. The van der Waals surface area contributed by atoms with Gasteiger partial charge in [0.15, 0.2) is 0 Å². The molecule has 1 aromatic heterocycles. The third kappa shape index (κ3) is 2.26. The van der Waals surface area contributed by atoms with E-state index in [1.54, 1.807) is 0 Å². The van der Waals surface area contributed by atoms with Gasteiger partial charge in [-0.3, -0.25) is 0 Å². The molecule has 3 nitrogen and oxygen atoms in total. The standard InChI is InChI=1S/C14H17N3/c1-3-11(8-15)9-16-13-10-17(2)14-7-5-4-6-12(13)14/h4-7,10-11,16H,3,9H2,1-2H3. The minimum absolute atomic E-state index is 0.0777.